The smallest absolute Gasteiger partial charge is 0.318 e. The fourth-order valence-electron chi connectivity index (χ4n) is 4.12. The highest BCUT2D eigenvalue weighted by molar-refractivity contribution is 8.00. The summed E-state index contributed by atoms with van der Waals surface area (Å²) in [4.78, 5) is 26.6. The molecular formula is C24H27FN6O2S. The number of nitrogens with one attached hydrogen (secondary N) is 1. The van der Waals surface area contributed by atoms with Gasteiger partial charge in [-0.05, 0) is 62.7 Å². The molecule has 8 nitrogen and oxygen atoms in total. The quantitative estimate of drug-likeness (QED) is 0.494. The molecule has 178 valence electrons. The third-order valence-corrected chi connectivity index (χ3v) is 7.06. The highest BCUT2D eigenvalue weighted by Gasteiger charge is 2.30. The van der Waals surface area contributed by atoms with E-state index in [-0.39, 0.29) is 11.9 Å². The number of amides is 3. The van der Waals surface area contributed by atoms with Crippen molar-refractivity contribution in [3.05, 3.63) is 71.8 Å². The molecule has 1 fully saturated rings. The van der Waals surface area contributed by atoms with E-state index in [2.05, 4.69) is 27.3 Å². The zero-order valence-corrected chi connectivity index (χ0v) is 19.7. The average Bonchev–Trinajstić information content (AvgIpc) is 3.26. The van der Waals surface area contributed by atoms with Gasteiger partial charge in [0.25, 0.3) is 0 Å². The van der Waals surface area contributed by atoms with Crippen molar-refractivity contribution in [3.8, 4) is 5.69 Å². The number of nitrogens with two attached hydrogens (primary N) is 1. The Morgan fingerprint density at radius 2 is 1.71 bits per heavy atom. The largest absolute Gasteiger partial charge is 0.351 e. The van der Waals surface area contributed by atoms with Crippen LogP contribution in [0.4, 0.5) is 9.18 Å². The summed E-state index contributed by atoms with van der Waals surface area (Å²) in [6.07, 6.45) is 3.46. The number of hydrogen-bond acceptors (Lipinski definition) is 6. The van der Waals surface area contributed by atoms with Gasteiger partial charge in [-0.2, -0.15) is 0 Å². The third-order valence-electron chi connectivity index (χ3n) is 5.87. The Labute approximate surface area is 201 Å². The molecule has 0 saturated carbocycles. The number of halogens is 1. The van der Waals surface area contributed by atoms with Crippen molar-refractivity contribution in [2.24, 2.45) is 5.73 Å². The van der Waals surface area contributed by atoms with Gasteiger partial charge < -0.3 is 5.73 Å². The second-order valence-electron chi connectivity index (χ2n) is 8.19. The highest BCUT2D eigenvalue weighted by Crippen LogP contribution is 2.37. The van der Waals surface area contributed by atoms with Gasteiger partial charge in [-0.15, -0.1) is 10.2 Å². The molecule has 0 unspecified atom stereocenters. The second-order valence-corrected chi connectivity index (χ2v) is 9.26. The fraction of sp³-hybridized carbons (Fsp3) is 0.333. The highest BCUT2D eigenvalue weighted by atomic mass is 32.2. The van der Waals surface area contributed by atoms with E-state index in [4.69, 9.17) is 5.73 Å². The summed E-state index contributed by atoms with van der Waals surface area (Å²) < 4.78 is 15.5. The second kappa shape index (κ2) is 10.8. The molecule has 4 rings (SSSR count). The maximum absolute atomic E-state index is 13.7. The van der Waals surface area contributed by atoms with E-state index in [0.29, 0.717) is 22.2 Å². The molecular weight excluding hydrogens is 455 g/mol. The maximum atomic E-state index is 13.7. The summed E-state index contributed by atoms with van der Waals surface area (Å²) in [6.45, 7) is 4.01. The van der Waals surface area contributed by atoms with E-state index in [9.17, 15) is 14.0 Å². The average molecular weight is 483 g/mol. The number of urea groups is 1. The first-order valence-corrected chi connectivity index (χ1v) is 12.1. The van der Waals surface area contributed by atoms with Crippen LogP contribution in [0.2, 0.25) is 0 Å². The number of aromatic nitrogens is 3. The van der Waals surface area contributed by atoms with Crippen LogP contribution in [0.1, 0.15) is 48.9 Å². The molecule has 0 aliphatic carbocycles. The molecule has 34 heavy (non-hydrogen) atoms. The Kier molecular flexibility index (Phi) is 7.59. The van der Waals surface area contributed by atoms with E-state index in [1.54, 1.807) is 24.3 Å². The van der Waals surface area contributed by atoms with E-state index in [0.717, 1.165) is 37.7 Å². The van der Waals surface area contributed by atoms with Gasteiger partial charge in [0, 0.05) is 5.69 Å². The summed E-state index contributed by atoms with van der Waals surface area (Å²) in [5, 5.41) is 10.7. The van der Waals surface area contributed by atoms with Gasteiger partial charge in [0.05, 0.1) is 6.04 Å². The van der Waals surface area contributed by atoms with Crippen LogP contribution in [0.15, 0.2) is 59.8 Å². The first-order valence-electron chi connectivity index (χ1n) is 11.2. The van der Waals surface area contributed by atoms with Gasteiger partial charge in [0.2, 0.25) is 5.91 Å². The molecule has 1 aromatic heterocycles. The van der Waals surface area contributed by atoms with Crippen LogP contribution < -0.4 is 11.1 Å². The zero-order chi connectivity index (χ0) is 24.1. The Hall–Kier alpha value is -3.24. The minimum atomic E-state index is -0.925. The number of thioether (sulfide) groups is 1. The normalized spacial score (nSPS) is 16.1. The van der Waals surface area contributed by atoms with Crippen molar-refractivity contribution < 1.29 is 14.0 Å². The number of carbonyl (C=O) groups excluding carboxylic acids is 2. The number of benzene rings is 2. The van der Waals surface area contributed by atoms with Crippen LogP contribution in [0, 0.1) is 5.82 Å². The number of carbonyl (C=O) groups is 2. The van der Waals surface area contributed by atoms with Crippen molar-refractivity contribution >= 4 is 23.7 Å². The molecule has 0 radical (unpaired) electrons. The number of rotatable bonds is 7. The van der Waals surface area contributed by atoms with E-state index < -0.39 is 17.2 Å². The van der Waals surface area contributed by atoms with Gasteiger partial charge in [-0.25, -0.2) is 9.18 Å². The van der Waals surface area contributed by atoms with E-state index >= 15 is 0 Å². The van der Waals surface area contributed by atoms with Crippen LogP contribution in [0.3, 0.4) is 0 Å². The number of hydrogen-bond donors (Lipinski definition) is 2. The lowest BCUT2D eigenvalue weighted by molar-refractivity contribution is -0.119. The molecule has 0 bridgehead atoms. The standard InChI is InChI=1S/C24H27FN6O2S/c1-16(30-14-6-3-7-15-30)21-28-29-24(31(21)19-12-10-18(25)11-13-19)34-20(22(32)27-23(26)33)17-8-4-2-5-9-17/h2,4-5,8-13,16,20H,3,6-7,14-15H2,1H3,(H3,26,27,32,33)/t16-,20+/m0/s1. The predicted octanol–water partition coefficient (Wildman–Crippen LogP) is 3.98. The van der Waals surface area contributed by atoms with Crippen molar-refractivity contribution in [2.45, 2.75) is 42.6 Å². The molecule has 3 aromatic rings. The Balaban J connectivity index is 1.75. The number of likely N-dealkylation sites (tertiary alicyclic amines) is 1. The third kappa shape index (κ3) is 5.45. The summed E-state index contributed by atoms with van der Waals surface area (Å²) in [7, 11) is 0. The number of primary amides is 1. The lowest BCUT2D eigenvalue weighted by atomic mass is 10.1. The van der Waals surface area contributed by atoms with Crippen LogP contribution in [0.5, 0.6) is 0 Å². The summed E-state index contributed by atoms with van der Waals surface area (Å²) in [5.41, 5.74) is 6.59. The summed E-state index contributed by atoms with van der Waals surface area (Å²) >= 11 is 1.16. The van der Waals surface area contributed by atoms with Gasteiger partial charge in [-0.3, -0.25) is 19.6 Å². The SMILES string of the molecule is C[C@@H](c1nnc(S[C@@H](C(=O)NC(N)=O)c2ccccc2)n1-c1ccc(F)cc1)N1CCCCC1. The molecule has 3 N–H and O–H groups in total. The topological polar surface area (TPSA) is 106 Å². The Morgan fingerprint density at radius 1 is 1.03 bits per heavy atom. The van der Waals surface area contributed by atoms with Crippen molar-refractivity contribution in [1.29, 1.82) is 0 Å². The van der Waals surface area contributed by atoms with Gasteiger partial charge in [0.15, 0.2) is 11.0 Å². The number of piperidine rings is 1. The molecule has 1 aliphatic rings. The van der Waals surface area contributed by atoms with Crippen molar-refractivity contribution in [2.75, 3.05) is 13.1 Å². The molecule has 1 aliphatic heterocycles. The lowest BCUT2D eigenvalue weighted by Gasteiger charge is -2.32. The molecule has 3 amide bonds. The van der Waals surface area contributed by atoms with Gasteiger partial charge in [0.1, 0.15) is 11.1 Å². The lowest BCUT2D eigenvalue weighted by Crippen LogP contribution is -2.37. The van der Waals surface area contributed by atoms with Crippen molar-refractivity contribution in [3.63, 3.8) is 0 Å². The monoisotopic (exact) mass is 482 g/mol. The molecule has 1 saturated heterocycles. The molecule has 2 aromatic carbocycles. The van der Waals surface area contributed by atoms with Crippen LogP contribution in [-0.2, 0) is 4.79 Å². The molecule has 0 spiro atoms. The molecule has 2 atom stereocenters. The van der Waals surface area contributed by atoms with Gasteiger partial charge >= 0.3 is 6.03 Å². The van der Waals surface area contributed by atoms with Crippen LogP contribution in [0.25, 0.3) is 5.69 Å². The first kappa shape index (κ1) is 23.9. The summed E-state index contributed by atoms with van der Waals surface area (Å²) in [6, 6.07) is 14.2. The van der Waals surface area contributed by atoms with E-state index in [1.165, 1.54) is 18.6 Å². The van der Waals surface area contributed by atoms with Crippen molar-refractivity contribution in [1.82, 2.24) is 25.0 Å². The summed E-state index contributed by atoms with van der Waals surface area (Å²) in [5.74, 6) is -0.194. The Bertz CT molecular complexity index is 1130. The number of imide groups is 1. The zero-order valence-electron chi connectivity index (χ0n) is 18.9. The first-order chi connectivity index (χ1) is 16.4. The minimum absolute atomic E-state index is 0.0261. The fourth-order valence-corrected chi connectivity index (χ4v) is 5.19. The minimum Gasteiger partial charge on any atom is -0.351 e. The van der Waals surface area contributed by atoms with Gasteiger partial charge in [-0.1, -0.05) is 48.5 Å². The van der Waals surface area contributed by atoms with Crippen LogP contribution in [-0.4, -0.2) is 44.7 Å². The predicted molar refractivity (Wildman–Crippen MR) is 128 cm³/mol. The Morgan fingerprint density at radius 3 is 2.35 bits per heavy atom. The maximum Gasteiger partial charge on any atom is 0.318 e. The van der Waals surface area contributed by atoms with E-state index in [1.807, 2.05) is 22.8 Å². The molecule has 10 heteroatoms. The van der Waals surface area contributed by atoms with Crippen LogP contribution >= 0.6 is 11.8 Å². The number of nitrogens with zero attached hydrogens (tertiary/aromatic N) is 4. The molecule has 2 heterocycles.